The number of rotatable bonds is 10. The number of benzene rings is 1. The van der Waals surface area contributed by atoms with Crippen LogP contribution in [0.3, 0.4) is 0 Å². The van der Waals surface area contributed by atoms with Crippen molar-refractivity contribution < 1.29 is 22.6 Å². The number of oxime groups is 1. The lowest BCUT2D eigenvalue weighted by atomic mass is 10.0. The predicted molar refractivity (Wildman–Crippen MR) is 103 cm³/mol. The van der Waals surface area contributed by atoms with E-state index in [4.69, 9.17) is 4.63 Å². The molecule has 8 nitrogen and oxygen atoms in total. The van der Waals surface area contributed by atoms with E-state index >= 15 is 0 Å². The Morgan fingerprint density at radius 2 is 2.14 bits per heavy atom. The molecule has 3 rings (SSSR count). The molecule has 0 spiro atoms. The molecule has 1 aromatic carbocycles. The second-order valence-corrected chi connectivity index (χ2v) is 9.43. The molecule has 0 saturated heterocycles. The van der Waals surface area contributed by atoms with Crippen LogP contribution in [0.1, 0.15) is 42.6 Å². The molecule has 1 aliphatic rings. The lowest BCUT2D eigenvalue weighted by molar-refractivity contribution is 0.300. The number of sulfonamides is 1. The molecule has 152 valence electrons. The first kappa shape index (κ1) is 20.9. The van der Waals surface area contributed by atoms with Crippen molar-refractivity contribution in [3.05, 3.63) is 45.4 Å². The van der Waals surface area contributed by atoms with Gasteiger partial charge in [0.2, 0.25) is 10.0 Å². The van der Waals surface area contributed by atoms with Crippen LogP contribution in [0.2, 0.25) is 0 Å². The largest absolute Gasteiger partial charge is 0.411 e. The zero-order valence-electron chi connectivity index (χ0n) is 14.9. The molecule has 2 aromatic rings. The van der Waals surface area contributed by atoms with Gasteiger partial charge in [0, 0.05) is 12.5 Å². The Kier molecular flexibility index (Phi) is 6.78. The van der Waals surface area contributed by atoms with Gasteiger partial charge in [0.25, 0.3) is 0 Å². The van der Waals surface area contributed by atoms with Gasteiger partial charge in [0.15, 0.2) is 5.69 Å². The Morgan fingerprint density at radius 1 is 1.36 bits per heavy atom. The van der Waals surface area contributed by atoms with Crippen molar-refractivity contribution in [3.63, 3.8) is 0 Å². The van der Waals surface area contributed by atoms with Crippen LogP contribution in [0, 0.1) is 5.82 Å². The van der Waals surface area contributed by atoms with Gasteiger partial charge in [-0.15, -0.1) is 0 Å². The average Bonchev–Trinajstić information content (AvgIpc) is 3.33. The molecule has 11 heteroatoms. The second-order valence-electron chi connectivity index (χ2n) is 6.70. The zero-order chi connectivity index (χ0) is 20.1. The molecule has 1 aliphatic carbocycles. The Hall–Kier alpha value is -1.85. The SMILES string of the molecule is O=S(=O)(CCCCc1nonc1/C(Cc1ccc(F)c(Br)c1)=N/O)NC1CC1. The van der Waals surface area contributed by atoms with Gasteiger partial charge >= 0.3 is 0 Å². The molecule has 0 bridgehead atoms. The van der Waals surface area contributed by atoms with E-state index in [0.29, 0.717) is 40.7 Å². The van der Waals surface area contributed by atoms with Crippen LogP contribution >= 0.6 is 15.9 Å². The highest BCUT2D eigenvalue weighted by Gasteiger charge is 2.26. The van der Waals surface area contributed by atoms with E-state index in [1.54, 1.807) is 12.1 Å². The van der Waals surface area contributed by atoms with Gasteiger partial charge in [0.1, 0.15) is 17.2 Å². The highest BCUT2D eigenvalue weighted by Crippen LogP contribution is 2.21. The minimum absolute atomic E-state index is 0.0503. The zero-order valence-corrected chi connectivity index (χ0v) is 17.3. The van der Waals surface area contributed by atoms with Crippen molar-refractivity contribution in [2.75, 3.05) is 5.75 Å². The Morgan fingerprint density at radius 3 is 2.82 bits per heavy atom. The highest BCUT2D eigenvalue weighted by molar-refractivity contribution is 9.10. The molecular formula is C17H20BrFN4O4S. The van der Waals surface area contributed by atoms with Crippen LogP contribution in [-0.4, -0.2) is 41.4 Å². The Bertz CT molecular complexity index is 960. The van der Waals surface area contributed by atoms with Crippen LogP contribution in [0.5, 0.6) is 0 Å². The molecule has 0 unspecified atom stereocenters. The normalized spacial score (nSPS) is 15.1. The Balaban J connectivity index is 1.57. The number of unbranched alkanes of at least 4 members (excludes halogenated alkanes) is 1. The maximum Gasteiger partial charge on any atom is 0.211 e. The van der Waals surface area contributed by atoms with Gasteiger partial charge in [-0.2, -0.15) is 0 Å². The summed E-state index contributed by atoms with van der Waals surface area (Å²) in [5.74, 6) is -0.338. The summed E-state index contributed by atoms with van der Waals surface area (Å²) in [5.41, 5.74) is 1.74. The number of aryl methyl sites for hydroxylation is 1. The summed E-state index contributed by atoms with van der Waals surface area (Å²) >= 11 is 3.12. The van der Waals surface area contributed by atoms with E-state index in [1.807, 2.05) is 0 Å². The van der Waals surface area contributed by atoms with Gasteiger partial charge in [-0.05, 0) is 70.9 Å². The summed E-state index contributed by atoms with van der Waals surface area (Å²) in [7, 11) is -3.25. The minimum Gasteiger partial charge on any atom is -0.411 e. The number of aromatic nitrogens is 2. The summed E-state index contributed by atoms with van der Waals surface area (Å²) in [4.78, 5) is 0. The van der Waals surface area contributed by atoms with E-state index in [0.717, 1.165) is 12.8 Å². The van der Waals surface area contributed by atoms with Crippen molar-refractivity contribution in [2.45, 2.75) is 44.6 Å². The molecule has 2 N–H and O–H groups in total. The summed E-state index contributed by atoms with van der Waals surface area (Å²) in [5, 5.41) is 20.3. The maximum absolute atomic E-state index is 13.4. The van der Waals surface area contributed by atoms with Crippen LogP contribution < -0.4 is 4.72 Å². The molecule has 0 radical (unpaired) electrons. The molecule has 1 aromatic heterocycles. The van der Waals surface area contributed by atoms with E-state index in [-0.39, 0.29) is 29.7 Å². The number of hydrogen-bond donors (Lipinski definition) is 2. The van der Waals surface area contributed by atoms with E-state index in [1.165, 1.54) is 6.07 Å². The van der Waals surface area contributed by atoms with Crippen molar-refractivity contribution in [1.29, 1.82) is 0 Å². The fourth-order valence-corrected chi connectivity index (χ4v) is 4.57. The monoisotopic (exact) mass is 474 g/mol. The summed E-state index contributed by atoms with van der Waals surface area (Å²) < 4.78 is 44.9. The lowest BCUT2D eigenvalue weighted by Crippen LogP contribution is -2.28. The topological polar surface area (TPSA) is 118 Å². The molecule has 0 aliphatic heterocycles. The first-order chi connectivity index (χ1) is 13.4. The van der Waals surface area contributed by atoms with Crippen LogP contribution in [0.4, 0.5) is 4.39 Å². The van der Waals surface area contributed by atoms with E-state index in [2.05, 4.69) is 36.1 Å². The molecule has 1 saturated carbocycles. The first-order valence-electron chi connectivity index (χ1n) is 8.84. The number of halogens is 2. The highest BCUT2D eigenvalue weighted by atomic mass is 79.9. The van der Waals surface area contributed by atoms with Gasteiger partial charge in [0.05, 0.1) is 10.2 Å². The smallest absolute Gasteiger partial charge is 0.211 e. The van der Waals surface area contributed by atoms with Crippen LogP contribution in [0.15, 0.2) is 32.5 Å². The first-order valence-corrected chi connectivity index (χ1v) is 11.3. The van der Waals surface area contributed by atoms with Crippen molar-refractivity contribution in [1.82, 2.24) is 15.0 Å². The Labute approximate surface area is 170 Å². The number of nitrogens with one attached hydrogen (secondary N) is 1. The van der Waals surface area contributed by atoms with E-state index in [9.17, 15) is 18.0 Å². The maximum atomic E-state index is 13.4. The molecule has 0 amide bonds. The average molecular weight is 475 g/mol. The number of nitrogens with zero attached hydrogens (tertiary/aromatic N) is 3. The van der Waals surface area contributed by atoms with Gasteiger partial charge in [-0.3, -0.25) is 0 Å². The molecule has 28 heavy (non-hydrogen) atoms. The van der Waals surface area contributed by atoms with Crippen molar-refractivity contribution in [2.24, 2.45) is 5.16 Å². The summed E-state index contributed by atoms with van der Waals surface area (Å²) in [6.07, 6.45) is 3.47. The molecular weight excluding hydrogens is 455 g/mol. The lowest BCUT2D eigenvalue weighted by Gasteiger charge is -2.06. The van der Waals surface area contributed by atoms with Crippen molar-refractivity contribution >= 4 is 31.7 Å². The second kappa shape index (κ2) is 9.10. The third-order valence-electron chi connectivity index (χ3n) is 4.31. The fourth-order valence-electron chi connectivity index (χ4n) is 2.70. The number of hydrogen-bond acceptors (Lipinski definition) is 7. The van der Waals surface area contributed by atoms with Gasteiger partial charge in [-0.1, -0.05) is 16.4 Å². The minimum atomic E-state index is -3.25. The van der Waals surface area contributed by atoms with E-state index < -0.39 is 10.0 Å². The fraction of sp³-hybridized carbons (Fsp3) is 0.471. The van der Waals surface area contributed by atoms with Gasteiger partial charge in [-0.25, -0.2) is 22.2 Å². The molecule has 0 atom stereocenters. The van der Waals surface area contributed by atoms with Crippen LogP contribution in [0.25, 0.3) is 0 Å². The summed E-state index contributed by atoms with van der Waals surface area (Å²) in [6, 6.07) is 4.58. The summed E-state index contributed by atoms with van der Waals surface area (Å²) in [6.45, 7) is 0. The predicted octanol–water partition coefficient (Wildman–Crippen LogP) is 2.80. The molecule has 1 fully saturated rings. The van der Waals surface area contributed by atoms with Gasteiger partial charge < -0.3 is 5.21 Å². The standard InChI is InChI=1S/C17H20BrFN4O4S/c18-13-9-11(4-7-14(13)19)10-16(20-24)17-15(21-27-22-17)3-1-2-8-28(25,26)23-12-5-6-12/h4,7,9,12,23-24H,1-3,5-6,8,10H2/b20-16+. The third kappa shape index (κ3) is 5.82. The van der Waals surface area contributed by atoms with Crippen LogP contribution in [-0.2, 0) is 22.9 Å². The van der Waals surface area contributed by atoms with Crippen molar-refractivity contribution in [3.8, 4) is 0 Å². The quantitative estimate of drug-likeness (QED) is 0.236. The third-order valence-corrected chi connectivity index (χ3v) is 6.43. The molecule has 1 heterocycles.